The van der Waals surface area contributed by atoms with Crippen LogP contribution in [0.5, 0.6) is 0 Å². The molecule has 2 unspecified atom stereocenters. The molecule has 0 aliphatic carbocycles. The van der Waals surface area contributed by atoms with E-state index in [4.69, 9.17) is 5.11 Å². The zero-order chi connectivity index (χ0) is 14.8. The Kier molecular flexibility index (Phi) is 8.32. The second-order valence-electron chi connectivity index (χ2n) is 4.57. The summed E-state index contributed by atoms with van der Waals surface area (Å²) in [7, 11) is 1.49. The molecule has 3 amide bonds. The van der Waals surface area contributed by atoms with Gasteiger partial charge in [0, 0.05) is 13.1 Å². The van der Waals surface area contributed by atoms with Crippen LogP contribution in [0.25, 0.3) is 0 Å². The highest BCUT2D eigenvalue weighted by atomic mass is 16.4. The topological polar surface area (TPSA) is 108 Å². The van der Waals surface area contributed by atoms with Crippen molar-refractivity contribution in [1.29, 1.82) is 0 Å². The third kappa shape index (κ3) is 8.87. The normalized spacial score (nSPS) is 13.2. The number of carboxylic acid groups (broad SMARTS) is 1. The minimum Gasteiger partial charge on any atom is -0.481 e. The zero-order valence-corrected chi connectivity index (χ0v) is 11.7. The first kappa shape index (κ1) is 17.2. The van der Waals surface area contributed by atoms with Crippen LogP contribution in [0.15, 0.2) is 0 Å². The molecule has 4 N–H and O–H groups in total. The molecule has 0 heterocycles. The van der Waals surface area contributed by atoms with Crippen molar-refractivity contribution in [2.24, 2.45) is 5.92 Å². The van der Waals surface area contributed by atoms with Crippen LogP contribution in [0.1, 0.15) is 33.1 Å². The number of carbonyl (C=O) groups is 3. The third-order valence-electron chi connectivity index (χ3n) is 2.76. The lowest BCUT2D eigenvalue weighted by Crippen LogP contribution is -2.44. The fourth-order valence-electron chi connectivity index (χ4n) is 1.45. The fraction of sp³-hybridized carbons (Fsp3) is 0.750. The first-order chi connectivity index (χ1) is 8.86. The van der Waals surface area contributed by atoms with Gasteiger partial charge in [0.05, 0.1) is 12.5 Å². The van der Waals surface area contributed by atoms with Crippen molar-refractivity contribution >= 4 is 17.9 Å². The van der Waals surface area contributed by atoms with Crippen LogP contribution in [0.4, 0.5) is 4.79 Å². The zero-order valence-electron chi connectivity index (χ0n) is 11.7. The Balaban J connectivity index is 3.73. The minimum atomic E-state index is -0.802. The highest BCUT2D eigenvalue weighted by Crippen LogP contribution is 2.09. The minimum absolute atomic E-state index is 0.0642. The van der Waals surface area contributed by atoms with Crippen molar-refractivity contribution in [2.75, 3.05) is 13.6 Å². The maximum absolute atomic E-state index is 11.4. The van der Waals surface area contributed by atoms with Crippen molar-refractivity contribution in [2.45, 2.75) is 39.2 Å². The Morgan fingerprint density at radius 2 is 1.79 bits per heavy atom. The van der Waals surface area contributed by atoms with Crippen LogP contribution in [-0.2, 0) is 9.59 Å². The van der Waals surface area contributed by atoms with Gasteiger partial charge in [0.1, 0.15) is 0 Å². The van der Waals surface area contributed by atoms with Crippen LogP contribution < -0.4 is 16.0 Å². The van der Waals surface area contributed by atoms with E-state index in [2.05, 4.69) is 16.0 Å². The molecule has 0 aromatic heterocycles. The molecule has 0 aromatic rings. The summed E-state index contributed by atoms with van der Waals surface area (Å²) in [5, 5.41) is 16.2. The molecule has 0 saturated carbocycles. The van der Waals surface area contributed by atoms with Crippen LogP contribution >= 0.6 is 0 Å². The van der Waals surface area contributed by atoms with Gasteiger partial charge in [-0.1, -0.05) is 13.3 Å². The van der Waals surface area contributed by atoms with Gasteiger partial charge in [0.2, 0.25) is 5.91 Å². The Morgan fingerprint density at radius 1 is 1.16 bits per heavy atom. The number of carboxylic acids is 1. The van der Waals surface area contributed by atoms with E-state index in [0.29, 0.717) is 12.8 Å². The Labute approximate surface area is 113 Å². The number of hydrogen-bond donors (Lipinski definition) is 4. The second kappa shape index (κ2) is 9.18. The van der Waals surface area contributed by atoms with Crippen molar-refractivity contribution in [3.63, 3.8) is 0 Å². The van der Waals surface area contributed by atoms with E-state index in [1.165, 1.54) is 7.05 Å². The van der Waals surface area contributed by atoms with Gasteiger partial charge in [-0.2, -0.15) is 0 Å². The average molecular weight is 273 g/mol. The summed E-state index contributed by atoms with van der Waals surface area (Å²) in [6, 6.07) is -0.465. The lowest BCUT2D eigenvalue weighted by molar-refractivity contribution is -0.141. The first-order valence-electron chi connectivity index (χ1n) is 6.34. The van der Waals surface area contributed by atoms with Gasteiger partial charge < -0.3 is 21.1 Å². The molecular weight excluding hydrogens is 250 g/mol. The molecule has 0 aliphatic rings. The number of amides is 3. The van der Waals surface area contributed by atoms with Crippen molar-refractivity contribution in [1.82, 2.24) is 16.0 Å². The van der Waals surface area contributed by atoms with Gasteiger partial charge in [0.15, 0.2) is 0 Å². The highest BCUT2D eigenvalue weighted by molar-refractivity contribution is 5.83. The highest BCUT2D eigenvalue weighted by Gasteiger charge is 2.12. The SMILES string of the molecule is CNC(=O)CNC(=O)NC(C)CCCC(C)C(=O)O. The Hall–Kier alpha value is -1.79. The number of likely N-dealkylation sites (N-methyl/N-ethyl adjacent to an activating group) is 1. The smallest absolute Gasteiger partial charge is 0.315 e. The van der Waals surface area contributed by atoms with Gasteiger partial charge in [-0.25, -0.2) is 4.79 Å². The quantitative estimate of drug-likeness (QED) is 0.510. The van der Waals surface area contributed by atoms with Gasteiger partial charge in [0.25, 0.3) is 0 Å². The molecule has 19 heavy (non-hydrogen) atoms. The third-order valence-corrected chi connectivity index (χ3v) is 2.76. The number of nitrogens with one attached hydrogen (secondary N) is 3. The molecule has 0 radical (unpaired) electrons. The molecule has 0 saturated heterocycles. The van der Waals surface area contributed by atoms with E-state index < -0.39 is 12.0 Å². The maximum Gasteiger partial charge on any atom is 0.315 e. The van der Waals surface area contributed by atoms with Crippen molar-refractivity contribution < 1.29 is 19.5 Å². The van der Waals surface area contributed by atoms with Gasteiger partial charge >= 0.3 is 12.0 Å². The number of carbonyl (C=O) groups excluding carboxylic acids is 2. The fourth-order valence-corrected chi connectivity index (χ4v) is 1.45. The summed E-state index contributed by atoms with van der Waals surface area (Å²) in [6.45, 7) is 3.44. The largest absolute Gasteiger partial charge is 0.481 e. The van der Waals surface area contributed by atoms with E-state index in [9.17, 15) is 14.4 Å². The van der Waals surface area contributed by atoms with Gasteiger partial charge in [-0.15, -0.1) is 0 Å². The molecule has 0 spiro atoms. The molecule has 2 atom stereocenters. The molecule has 0 fully saturated rings. The molecule has 0 bridgehead atoms. The molecule has 0 rings (SSSR count). The number of urea groups is 1. The summed E-state index contributed by atoms with van der Waals surface area (Å²) in [5.41, 5.74) is 0. The van der Waals surface area contributed by atoms with Crippen molar-refractivity contribution in [3.8, 4) is 0 Å². The van der Waals surface area contributed by atoms with Crippen LogP contribution in [0, 0.1) is 5.92 Å². The average Bonchev–Trinajstić information content (AvgIpc) is 2.35. The lowest BCUT2D eigenvalue weighted by atomic mass is 10.0. The number of rotatable bonds is 8. The van der Waals surface area contributed by atoms with Gasteiger partial charge in [-0.3, -0.25) is 9.59 Å². The lowest BCUT2D eigenvalue weighted by Gasteiger charge is -2.15. The first-order valence-corrected chi connectivity index (χ1v) is 6.34. The van der Waals surface area contributed by atoms with E-state index in [1.54, 1.807) is 6.92 Å². The summed E-state index contributed by atoms with van der Waals surface area (Å²) in [4.78, 5) is 32.9. The van der Waals surface area contributed by atoms with E-state index >= 15 is 0 Å². The summed E-state index contributed by atoms with van der Waals surface area (Å²) in [6.07, 6.45) is 2.01. The summed E-state index contributed by atoms with van der Waals surface area (Å²) < 4.78 is 0. The standard InChI is InChI=1S/C12H23N3O4/c1-8(11(17)18)5-4-6-9(2)15-12(19)14-7-10(16)13-3/h8-9H,4-7H2,1-3H3,(H,13,16)(H,17,18)(H2,14,15,19). The Morgan fingerprint density at radius 3 is 2.32 bits per heavy atom. The predicted octanol–water partition coefficient (Wildman–Crippen LogP) is 0.311. The monoisotopic (exact) mass is 273 g/mol. The van der Waals surface area contributed by atoms with Crippen LogP contribution in [-0.4, -0.2) is 42.6 Å². The molecule has 110 valence electrons. The molecular formula is C12H23N3O4. The van der Waals surface area contributed by atoms with Crippen LogP contribution in [0.3, 0.4) is 0 Å². The maximum atomic E-state index is 11.4. The molecule has 0 aromatic carbocycles. The van der Waals surface area contributed by atoms with E-state index in [0.717, 1.165) is 6.42 Å². The Bertz CT molecular complexity index is 320. The number of hydrogen-bond acceptors (Lipinski definition) is 3. The molecule has 0 aliphatic heterocycles. The molecule has 7 nitrogen and oxygen atoms in total. The van der Waals surface area contributed by atoms with E-state index in [1.807, 2.05) is 6.92 Å². The summed E-state index contributed by atoms with van der Waals surface area (Å²) in [5.74, 6) is -1.43. The summed E-state index contributed by atoms with van der Waals surface area (Å²) >= 11 is 0. The van der Waals surface area contributed by atoms with Crippen molar-refractivity contribution in [3.05, 3.63) is 0 Å². The second-order valence-corrected chi connectivity index (χ2v) is 4.57. The molecule has 7 heteroatoms. The van der Waals surface area contributed by atoms with E-state index in [-0.39, 0.29) is 24.4 Å². The van der Waals surface area contributed by atoms with Crippen LogP contribution in [0.2, 0.25) is 0 Å². The van der Waals surface area contributed by atoms with Gasteiger partial charge in [-0.05, 0) is 19.8 Å². The number of aliphatic carboxylic acids is 1. The predicted molar refractivity (Wildman–Crippen MR) is 70.7 cm³/mol.